The number of carbonyl (C=O) groups excluding carboxylic acids is 1. The van der Waals surface area contributed by atoms with Gasteiger partial charge in [0.2, 0.25) is 5.78 Å². The highest BCUT2D eigenvalue weighted by Crippen LogP contribution is 2.15. The van der Waals surface area contributed by atoms with Crippen molar-refractivity contribution >= 4 is 5.78 Å². The van der Waals surface area contributed by atoms with E-state index in [4.69, 9.17) is 4.74 Å². The minimum atomic E-state index is -0.121. The normalized spacial score (nSPS) is 10.4. The number of aromatic nitrogens is 1. The number of ether oxygens (including phenoxy) is 1. The van der Waals surface area contributed by atoms with Crippen LogP contribution in [0.25, 0.3) is 0 Å². The average molecular weight is 191 g/mol. The van der Waals surface area contributed by atoms with E-state index in [1.807, 2.05) is 6.92 Å². The van der Waals surface area contributed by atoms with Crippen LogP contribution >= 0.6 is 0 Å². The van der Waals surface area contributed by atoms with Crippen LogP contribution < -0.4 is 4.74 Å². The van der Waals surface area contributed by atoms with Gasteiger partial charge < -0.3 is 4.74 Å². The number of allylic oxidation sites excluding steroid dienone is 2. The molecule has 0 aliphatic heterocycles. The predicted octanol–water partition coefficient (Wildman–Crippen LogP) is 2.24. The molecule has 0 radical (unpaired) electrons. The van der Waals surface area contributed by atoms with Crippen molar-refractivity contribution in [1.29, 1.82) is 0 Å². The number of ketones is 1. The van der Waals surface area contributed by atoms with E-state index in [1.165, 1.54) is 13.2 Å². The molecule has 1 rings (SSSR count). The maximum Gasteiger partial charge on any atom is 0.207 e. The minimum absolute atomic E-state index is 0.121. The fourth-order valence-electron chi connectivity index (χ4n) is 1.04. The summed E-state index contributed by atoms with van der Waals surface area (Å²) in [5.74, 6) is 0.391. The Hall–Kier alpha value is -1.64. The minimum Gasteiger partial charge on any atom is -0.494 e. The van der Waals surface area contributed by atoms with E-state index in [0.717, 1.165) is 6.42 Å². The first-order chi connectivity index (χ1) is 6.79. The Labute approximate surface area is 83.4 Å². The molecule has 0 aliphatic rings. The molecule has 74 valence electrons. The summed E-state index contributed by atoms with van der Waals surface area (Å²) < 4.78 is 5.03. The third kappa shape index (κ3) is 2.42. The van der Waals surface area contributed by atoms with E-state index in [0.29, 0.717) is 11.4 Å². The Balaban J connectivity index is 2.94. The van der Waals surface area contributed by atoms with Gasteiger partial charge in [0.05, 0.1) is 7.11 Å². The zero-order chi connectivity index (χ0) is 10.4. The van der Waals surface area contributed by atoms with Crippen LogP contribution in [0.15, 0.2) is 30.5 Å². The third-order valence-corrected chi connectivity index (χ3v) is 1.73. The number of hydrogen-bond acceptors (Lipinski definition) is 3. The Morgan fingerprint density at radius 1 is 1.64 bits per heavy atom. The Morgan fingerprint density at radius 3 is 3.07 bits per heavy atom. The molecular formula is C11H13NO2. The first-order valence-electron chi connectivity index (χ1n) is 4.49. The maximum absolute atomic E-state index is 11.6. The van der Waals surface area contributed by atoms with Gasteiger partial charge in [-0.25, -0.2) is 4.98 Å². The van der Waals surface area contributed by atoms with E-state index < -0.39 is 0 Å². The number of rotatable bonds is 4. The number of hydrogen-bond donors (Lipinski definition) is 0. The van der Waals surface area contributed by atoms with Gasteiger partial charge in [0, 0.05) is 6.20 Å². The SMILES string of the molecule is CC/C=C/C(=O)c1ncccc1OC. The number of carbonyl (C=O) groups is 1. The molecule has 0 atom stereocenters. The zero-order valence-electron chi connectivity index (χ0n) is 8.36. The molecule has 0 saturated carbocycles. The number of pyridine rings is 1. The molecule has 3 nitrogen and oxygen atoms in total. The largest absolute Gasteiger partial charge is 0.494 e. The molecule has 0 unspecified atom stereocenters. The molecule has 0 aromatic carbocycles. The third-order valence-electron chi connectivity index (χ3n) is 1.73. The van der Waals surface area contributed by atoms with Crippen molar-refractivity contribution in [3.63, 3.8) is 0 Å². The highest BCUT2D eigenvalue weighted by molar-refractivity contribution is 6.04. The van der Waals surface area contributed by atoms with Crippen LogP contribution in [0.3, 0.4) is 0 Å². The monoisotopic (exact) mass is 191 g/mol. The first kappa shape index (κ1) is 10.4. The van der Waals surface area contributed by atoms with Crippen LogP contribution in [0.2, 0.25) is 0 Å². The quantitative estimate of drug-likeness (QED) is 0.541. The molecule has 3 heteroatoms. The summed E-state index contributed by atoms with van der Waals surface area (Å²) >= 11 is 0. The molecule has 0 amide bonds. The molecule has 1 aromatic heterocycles. The van der Waals surface area contributed by atoms with Gasteiger partial charge in [0.15, 0.2) is 5.69 Å². The van der Waals surface area contributed by atoms with Crippen molar-refractivity contribution in [3.05, 3.63) is 36.2 Å². The molecule has 0 saturated heterocycles. The van der Waals surface area contributed by atoms with Crippen LogP contribution in [-0.4, -0.2) is 17.9 Å². The second-order valence-electron chi connectivity index (χ2n) is 2.73. The van der Waals surface area contributed by atoms with Crippen LogP contribution in [0.5, 0.6) is 5.75 Å². The first-order valence-corrected chi connectivity index (χ1v) is 4.49. The molecule has 0 bridgehead atoms. The lowest BCUT2D eigenvalue weighted by molar-refractivity contribution is 0.103. The average Bonchev–Trinajstić information content (AvgIpc) is 2.25. The lowest BCUT2D eigenvalue weighted by atomic mass is 10.2. The highest BCUT2D eigenvalue weighted by atomic mass is 16.5. The van der Waals surface area contributed by atoms with Gasteiger partial charge in [-0.3, -0.25) is 4.79 Å². The Kier molecular flexibility index (Phi) is 3.85. The van der Waals surface area contributed by atoms with Gasteiger partial charge >= 0.3 is 0 Å². The second-order valence-corrected chi connectivity index (χ2v) is 2.73. The number of methoxy groups -OCH3 is 1. The molecule has 0 aliphatic carbocycles. The predicted molar refractivity (Wildman–Crippen MR) is 54.6 cm³/mol. The van der Waals surface area contributed by atoms with Gasteiger partial charge in [-0.05, 0) is 24.6 Å². The van der Waals surface area contributed by atoms with Crippen LogP contribution in [0, 0.1) is 0 Å². The summed E-state index contributed by atoms with van der Waals surface area (Å²) in [5, 5.41) is 0. The lowest BCUT2D eigenvalue weighted by Gasteiger charge is -2.02. The molecule has 1 heterocycles. The standard InChI is InChI=1S/C11H13NO2/c1-3-4-6-9(13)11-10(14-2)7-5-8-12-11/h4-8H,3H2,1-2H3/b6-4+. The summed E-state index contributed by atoms with van der Waals surface area (Å²) in [7, 11) is 1.53. The van der Waals surface area contributed by atoms with Crippen molar-refractivity contribution in [2.45, 2.75) is 13.3 Å². The van der Waals surface area contributed by atoms with Gasteiger partial charge in [0.1, 0.15) is 5.75 Å². The zero-order valence-corrected chi connectivity index (χ0v) is 8.36. The van der Waals surface area contributed by atoms with Crippen molar-refractivity contribution in [3.8, 4) is 5.75 Å². The van der Waals surface area contributed by atoms with E-state index in [9.17, 15) is 4.79 Å². The summed E-state index contributed by atoms with van der Waals surface area (Å²) in [6.45, 7) is 1.97. The smallest absolute Gasteiger partial charge is 0.207 e. The Bertz CT molecular complexity index is 345. The van der Waals surface area contributed by atoms with Gasteiger partial charge in [0.25, 0.3) is 0 Å². The van der Waals surface area contributed by atoms with Crippen LogP contribution in [-0.2, 0) is 0 Å². The van der Waals surface area contributed by atoms with Gasteiger partial charge in [-0.1, -0.05) is 13.0 Å². The summed E-state index contributed by atoms with van der Waals surface area (Å²) in [5.41, 5.74) is 0.361. The molecule has 0 spiro atoms. The van der Waals surface area contributed by atoms with Crippen molar-refractivity contribution in [1.82, 2.24) is 4.98 Å². The molecule has 14 heavy (non-hydrogen) atoms. The Morgan fingerprint density at radius 2 is 2.43 bits per heavy atom. The maximum atomic E-state index is 11.6. The molecular weight excluding hydrogens is 178 g/mol. The van der Waals surface area contributed by atoms with Crippen molar-refractivity contribution < 1.29 is 9.53 Å². The van der Waals surface area contributed by atoms with Crippen LogP contribution in [0.4, 0.5) is 0 Å². The van der Waals surface area contributed by atoms with Crippen molar-refractivity contribution in [2.24, 2.45) is 0 Å². The van der Waals surface area contributed by atoms with E-state index in [2.05, 4.69) is 4.98 Å². The van der Waals surface area contributed by atoms with Gasteiger partial charge in [-0.2, -0.15) is 0 Å². The molecule has 0 N–H and O–H groups in total. The van der Waals surface area contributed by atoms with E-state index in [1.54, 1.807) is 24.4 Å². The fourth-order valence-corrected chi connectivity index (χ4v) is 1.04. The second kappa shape index (κ2) is 5.17. The van der Waals surface area contributed by atoms with Crippen molar-refractivity contribution in [2.75, 3.05) is 7.11 Å². The molecule has 1 aromatic rings. The fraction of sp³-hybridized carbons (Fsp3) is 0.273. The lowest BCUT2D eigenvalue weighted by Crippen LogP contribution is -2.01. The topological polar surface area (TPSA) is 39.2 Å². The highest BCUT2D eigenvalue weighted by Gasteiger charge is 2.09. The van der Waals surface area contributed by atoms with Crippen LogP contribution in [0.1, 0.15) is 23.8 Å². The summed E-state index contributed by atoms with van der Waals surface area (Å²) in [6, 6.07) is 3.46. The van der Waals surface area contributed by atoms with E-state index >= 15 is 0 Å². The summed E-state index contributed by atoms with van der Waals surface area (Å²) in [6.07, 6.45) is 5.73. The van der Waals surface area contributed by atoms with E-state index in [-0.39, 0.29) is 5.78 Å². The molecule has 0 fully saturated rings. The number of nitrogens with zero attached hydrogens (tertiary/aromatic N) is 1. The van der Waals surface area contributed by atoms with Gasteiger partial charge in [-0.15, -0.1) is 0 Å². The summed E-state index contributed by atoms with van der Waals surface area (Å²) in [4.78, 5) is 15.5.